The summed E-state index contributed by atoms with van der Waals surface area (Å²) in [4.78, 5) is 11.2. The molecule has 96 valence electrons. The van der Waals surface area contributed by atoms with Crippen molar-refractivity contribution >= 4 is 29.6 Å². The summed E-state index contributed by atoms with van der Waals surface area (Å²) in [5.74, 6) is 0. The first-order valence-electron chi connectivity index (χ1n) is 5.51. The maximum absolute atomic E-state index is 11.2. The van der Waals surface area contributed by atoms with Crippen LogP contribution in [0, 0.1) is 0 Å². The molecule has 2 rings (SSSR count). The molecule has 0 bridgehead atoms. The number of hydrogen-bond donors (Lipinski definition) is 2. The zero-order chi connectivity index (χ0) is 13.5. The summed E-state index contributed by atoms with van der Waals surface area (Å²) in [6.07, 6.45) is 6.63. The van der Waals surface area contributed by atoms with E-state index in [-0.39, 0.29) is 5.02 Å². The van der Waals surface area contributed by atoms with Crippen molar-refractivity contribution in [3.63, 3.8) is 0 Å². The van der Waals surface area contributed by atoms with Gasteiger partial charge in [0, 0.05) is 6.21 Å². The maximum atomic E-state index is 11.2. The molecule has 0 fully saturated rings. The molecule has 0 aliphatic carbocycles. The maximum Gasteiger partial charge on any atom is 0.285 e. The van der Waals surface area contributed by atoms with Crippen molar-refractivity contribution in [2.45, 2.75) is 0 Å². The van der Waals surface area contributed by atoms with Crippen LogP contribution in [-0.2, 0) is 0 Å². The highest BCUT2D eigenvalue weighted by atomic mass is 35.5. The second kappa shape index (κ2) is 6.51. The van der Waals surface area contributed by atoms with Crippen LogP contribution in [0.4, 0.5) is 5.69 Å². The van der Waals surface area contributed by atoms with E-state index >= 15 is 0 Å². The Balaban J connectivity index is 1.96. The van der Waals surface area contributed by atoms with E-state index < -0.39 is 5.56 Å². The standard InChI is InChI=1S/C13H11ClN4O/c14-12-11(9-16-18-13(12)19)17-15-8-4-7-10-5-2-1-3-6-10/h1-9H,(H2,17,18,19)/b7-4+,15-8?. The van der Waals surface area contributed by atoms with Gasteiger partial charge in [0.25, 0.3) is 5.56 Å². The number of rotatable bonds is 4. The Morgan fingerprint density at radius 1 is 1.32 bits per heavy atom. The van der Waals surface area contributed by atoms with Crippen LogP contribution in [-0.4, -0.2) is 16.4 Å². The highest BCUT2D eigenvalue weighted by Gasteiger charge is 2.02. The van der Waals surface area contributed by atoms with Crippen molar-refractivity contribution < 1.29 is 0 Å². The first-order valence-corrected chi connectivity index (χ1v) is 5.89. The summed E-state index contributed by atoms with van der Waals surface area (Å²) in [5.41, 5.74) is 3.62. The molecule has 1 aromatic carbocycles. The second-order valence-corrected chi connectivity index (χ2v) is 3.96. The Bertz CT molecular complexity index is 649. The zero-order valence-electron chi connectivity index (χ0n) is 9.88. The zero-order valence-corrected chi connectivity index (χ0v) is 10.6. The lowest BCUT2D eigenvalue weighted by atomic mass is 10.2. The van der Waals surface area contributed by atoms with Gasteiger partial charge in [0.2, 0.25) is 0 Å². The molecule has 6 heteroatoms. The van der Waals surface area contributed by atoms with Crippen LogP contribution >= 0.6 is 11.6 Å². The molecular weight excluding hydrogens is 264 g/mol. The third-order valence-corrected chi connectivity index (χ3v) is 2.60. The highest BCUT2D eigenvalue weighted by Crippen LogP contribution is 2.13. The van der Waals surface area contributed by atoms with E-state index in [9.17, 15) is 4.79 Å². The van der Waals surface area contributed by atoms with Gasteiger partial charge in [0.1, 0.15) is 10.7 Å². The van der Waals surface area contributed by atoms with Gasteiger partial charge in [-0.25, -0.2) is 5.10 Å². The number of aromatic amines is 1. The topological polar surface area (TPSA) is 70.1 Å². The molecule has 5 nitrogen and oxygen atoms in total. The molecule has 2 N–H and O–H groups in total. The Morgan fingerprint density at radius 2 is 2.11 bits per heavy atom. The van der Waals surface area contributed by atoms with E-state index in [1.54, 1.807) is 12.3 Å². The number of hydrazone groups is 1. The minimum Gasteiger partial charge on any atom is -0.275 e. The van der Waals surface area contributed by atoms with Gasteiger partial charge in [0.15, 0.2) is 0 Å². The third kappa shape index (κ3) is 3.79. The summed E-state index contributed by atoms with van der Waals surface area (Å²) in [7, 11) is 0. The van der Waals surface area contributed by atoms with Gasteiger partial charge in [-0.15, -0.1) is 0 Å². The lowest BCUT2D eigenvalue weighted by molar-refractivity contribution is 0.987. The van der Waals surface area contributed by atoms with E-state index in [2.05, 4.69) is 20.7 Å². The lowest BCUT2D eigenvalue weighted by Crippen LogP contribution is -2.09. The third-order valence-electron chi connectivity index (χ3n) is 2.23. The van der Waals surface area contributed by atoms with Gasteiger partial charge in [-0.1, -0.05) is 48.0 Å². The van der Waals surface area contributed by atoms with Crippen LogP contribution in [0.5, 0.6) is 0 Å². The van der Waals surface area contributed by atoms with Gasteiger partial charge < -0.3 is 0 Å². The minimum absolute atomic E-state index is 0.0270. The summed E-state index contributed by atoms with van der Waals surface area (Å²) in [5, 5.41) is 9.78. The molecule has 19 heavy (non-hydrogen) atoms. The largest absolute Gasteiger partial charge is 0.285 e. The molecule has 1 aromatic heterocycles. The lowest BCUT2D eigenvalue weighted by Gasteiger charge is -1.99. The fraction of sp³-hybridized carbons (Fsp3) is 0. The highest BCUT2D eigenvalue weighted by molar-refractivity contribution is 6.32. The monoisotopic (exact) mass is 274 g/mol. The van der Waals surface area contributed by atoms with Crippen molar-refractivity contribution in [1.82, 2.24) is 10.2 Å². The molecule has 1 heterocycles. The smallest absolute Gasteiger partial charge is 0.275 e. The number of anilines is 1. The normalized spacial score (nSPS) is 11.2. The van der Waals surface area contributed by atoms with Crippen molar-refractivity contribution in [3.05, 3.63) is 63.5 Å². The molecule has 0 atom stereocenters. The van der Waals surface area contributed by atoms with Gasteiger partial charge in [0.05, 0.1) is 6.20 Å². The fourth-order valence-electron chi connectivity index (χ4n) is 1.33. The second-order valence-electron chi connectivity index (χ2n) is 3.59. The summed E-state index contributed by atoms with van der Waals surface area (Å²) in [6.45, 7) is 0. The molecular formula is C13H11ClN4O. The molecule has 2 aromatic rings. The van der Waals surface area contributed by atoms with Crippen LogP contribution in [0.1, 0.15) is 5.56 Å². The average molecular weight is 275 g/mol. The number of hydrogen-bond acceptors (Lipinski definition) is 4. The molecule has 0 aliphatic rings. The predicted octanol–water partition coefficient (Wildman–Crippen LogP) is 2.53. The van der Waals surface area contributed by atoms with Crippen molar-refractivity contribution in [1.29, 1.82) is 0 Å². The van der Waals surface area contributed by atoms with E-state index in [0.717, 1.165) is 5.56 Å². The van der Waals surface area contributed by atoms with Crippen molar-refractivity contribution in [2.24, 2.45) is 5.10 Å². The quantitative estimate of drug-likeness (QED) is 0.665. The minimum atomic E-state index is -0.457. The van der Waals surface area contributed by atoms with Gasteiger partial charge in [-0.3, -0.25) is 10.2 Å². The Kier molecular flexibility index (Phi) is 4.47. The van der Waals surface area contributed by atoms with Crippen molar-refractivity contribution in [3.8, 4) is 0 Å². The Labute approximate surface area is 114 Å². The number of H-pyrrole nitrogens is 1. The number of nitrogens with one attached hydrogen (secondary N) is 2. The van der Waals surface area contributed by atoms with Crippen LogP contribution in [0.25, 0.3) is 6.08 Å². The number of nitrogens with zero attached hydrogens (tertiary/aromatic N) is 2. The average Bonchev–Trinajstić information content (AvgIpc) is 2.44. The van der Waals surface area contributed by atoms with E-state index in [1.165, 1.54) is 6.20 Å². The molecule has 0 unspecified atom stereocenters. The van der Waals surface area contributed by atoms with E-state index in [4.69, 9.17) is 11.6 Å². The molecule has 0 amide bonds. The number of halogens is 1. The molecule has 0 saturated carbocycles. The predicted molar refractivity (Wildman–Crippen MR) is 77.5 cm³/mol. The fourth-order valence-corrected chi connectivity index (χ4v) is 1.46. The van der Waals surface area contributed by atoms with Crippen LogP contribution in [0.15, 0.2) is 52.5 Å². The van der Waals surface area contributed by atoms with Crippen LogP contribution in [0.2, 0.25) is 5.02 Å². The Morgan fingerprint density at radius 3 is 2.89 bits per heavy atom. The molecule has 0 aliphatic heterocycles. The molecule has 0 saturated heterocycles. The van der Waals surface area contributed by atoms with Gasteiger partial charge in [-0.2, -0.15) is 10.2 Å². The van der Waals surface area contributed by atoms with Crippen LogP contribution < -0.4 is 11.0 Å². The van der Waals surface area contributed by atoms with Gasteiger partial charge in [-0.05, 0) is 11.6 Å². The van der Waals surface area contributed by atoms with Crippen LogP contribution in [0.3, 0.4) is 0 Å². The molecule has 0 spiro atoms. The molecule has 0 radical (unpaired) electrons. The van der Waals surface area contributed by atoms with Gasteiger partial charge >= 0.3 is 0 Å². The number of benzene rings is 1. The Hall–Kier alpha value is -2.40. The summed E-state index contributed by atoms with van der Waals surface area (Å²) >= 11 is 5.76. The summed E-state index contributed by atoms with van der Waals surface area (Å²) in [6, 6.07) is 9.83. The number of allylic oxidation sites excluding steroid dienone is 1. The van der Waals surface area contributed by atoms with E-state index in [0.29, 0.717) is 5.69 Å². The van der Waals surface area contributed by atoms with E-state index in [1.807, 2.05) is 36.4 Å². The first-order chi connectivity index (χ1) is 9.27. The first kappa shape index (κ1) is 13.0. The summed E-state index contributed by atoms with van der Waals surface area (Å²) < 4.78 is 0. The number of aromatic nitrogens is 2. The van der Waals surface area contributed by atoms with Crippen molar-refractivity contribution in [2.75, 3.05) is 5.43 Å². The SMILES string of the molecule is O=c1[nH]ncc(NN=C/C=C/c2ccccc2)c1Cl.